The molecule has 1 aliphatic heterocycles. The van der Waals surface area contributed by atoms with Gasteiger partial charge in [0.2, 0.25) is 0 Å². The minimum absolute atomic E-state index is 0.434. The molecule has 0 aromatic rings. The summed E-state index contributed by atoms with van der Waals surface area (Å²) in [5, 5.41) is 3.77. The zero-order valence-electron chi connectivity index (χ0n) is 13.5. The number of nitrogens with zero attached hydrogens (tertiary/aromatic N) is 1. The quantitative estimate of drug-likeness (QED) is 0.707. The van der Waals surface area contributed by atoms with Gasteiger partial charge in [-0.1, -0.05) is 0 Å². The van der Waals surface area contributed by atoms with Crippen LogP contribution in [0.2, 0.25) is 0 Å². The van der Waals surface area contributed by atoms with Gasteiger partial charge < -0.3 is 15.0 Å². The molecule has 3 nitrogen and oxygen atoms in total. The zero-order chi connectivity index (χ0) is 14.4. The second-order valence-corrected chi connectivity index (χ2v) is 7.80. The standard InChI is InChI=1S/C16H32N2OS/c1-14(6-11-20-3)18(2)13-16(7-9-19-10-8-16)12-17-15-4-5-15/h14-15,17H,4-13H2,1-3H3. The van der Waals surface area contributed by atoms with Gasteiger partial charge in [-0.25, -0.2) is 0 Å². The van der Waals surface area contributed by atoms with Crippen LogP contribution in [0, 0.1) is 5.41 Å². The molecule has 20 heavy (non-hydrogen) atoms. The van der Waals surface area contributed by atoms with Crippen molar-refractivity contribution in [3.05, 3.63) is 0 Å². The summed E-state index contributed by atoms with van der Waals surface area (Å²) in [5.41, 5.74) is 0.434. The Kier molecular flexibility index (Phi) is 6.66. The maximum atomic E-state index is 5.60. The minimum Gasteiger partial charge on any atom is -0.381 e. The van der Waals surface area contributed by atoms with E-state index in [4.69, 9.17) is 4.74 Å². The second kappa shape index (κ2) is 8.02. The lowest BCUT2D eigenvalue weighted by Crippen LogP contribution is -2.48. The van der Waals surface area contributed by atoms with Crippen LogP contribution in [0.3, 0.4) is 0 Å². The Hall–Kier alpha value is 0.230. The normalized spacial score (nSPS) is 24.0. The molecule has 0 radical (unpaired) electrons. The number of ether oxygens (including phenoxy) is 1. The van der Waals surface area contributed by atoms with E-state index in [9.17, 15) is 0 Å². The molecule has 1 saturated heterocycles. The molecule has 0 aromatic carbocycles. The molecule has 118 valence electrons. The minimum atomic E-state index is 0.434. The lowest BCUT2D eigenvalue weighted by molar-refractivity contribution is -0.00595. The summed E-state index contributed by atoms with van der Waals surface area (Å²) >= 11 is 1.96. The van der Waals surface area contributed by atoms with Crippen LogP contribution < -0.4 is 5.32 Å². The van der Waals surface area contributed by atoms with E-state index in [0.29, 0.717) is 11.5 Å². The Bertz CT molecular complexity index is 278. The van der Waals surface area contributed by atoms with Crippen molar-refractivity contribution < 1.29 is 4.74 Å². The first kappa shape index (κ1) is 16.6. The average Bonchev–Trinajstić information content (AvgIpc) is 3.28. The van der Waals surface area contributed by atoms with Crippen LogP contribution in [-0.4, -0.2) is 62.3 Å². The van der Waals surface area contributed by atoms with E-state index >= 15 is 0 Å². The summed E-state index contributed by atoms with van der Waals surface area (Å²) in [6.45, 7) is 6.66. The summed E-state index contributed by atoms with van der Waals surface area (Å²) in [6.07, 6.45) is 8.68. The van der Waals surface area contributed by atoms with Gasteiger partial charge in [0.05, 0.1) is 0 Å². The molecule has 1 aliphatic carbocycles. The fourth-order valence-electron chi connectivity index (χ4n) is 3.04. The summed E-state index contributed by atoms with van der Waals surface area (Å²) in [4.78, 5) is 2.58. The topological polar surface area (TPSA) is 24.5 Å². The fourth-order valence-corrected chi connectivity index (χ4v) is 3.61. The van der Waals surface area contributed by atoms with E-state index in [0.717, 1.165) is 19.3 Å². The van der Waals surface area contributed by atoms with Gasteiger partial charge in [0.25, 0.3) is 0 Å². The van der Waals surface area contributed by atoms with Gasteiger partial charge in [-0.05, 0) is 63.5 Å². The van der Waals surface area contributed by atoms with E-state index in [1.807, 2.05) is 11.8 Å². The van der Waals surface area contributed by atoms with Gasteiger partial charge in [0.1, 0.15) is 0 Å². The number of thioether (sulfide) groups is 1. The zero-order valence-corrected chi connectivity index (χ0v) is 14.3. The summed E-state index contributed by atoms with van der Waals surface area (Å²) < 4.78 is 5.60. The Morgan fingerprint density at radius 1 is 1.35 bits per heavy atom. The molecule has 0 amide bonds. The predicted molar refractivity (Wildman–Crippen MR) is 88.6 cm³/mol. The highest BCUT2D eigenvalue weighted by molar-refractivity contribution is 7.98. The van der Waals surface area contributed by atoms with Crippen molar-refractivity contribution >= 4 is 11.8 Å². The molecule has 0 bridgehead atoms. The molecule has 1 unspecified atom stereocenters. The van der Waals surface area contributed by atoms with Crippen molar-refractivity contribution in [3.8, 4) is 0 Å². The van der Waals surface area contributed by atoms with Gasteiger partial charge >= 0.3 is 0 Å². The van der Waals surface area contributed by atoms with Crippen molar-refractivity contribution in [2.45, 2.75) is 51.1 Å². The molecular formula is C16H32N2OS. The van der Waals surface area contributed by atoms with Gasteiger partial charge in [-0.2, -0.15) is 11.8 Å². The maximum absolute atomic E-state index is 5.60. The third-order valence-electron chi connectivity index (χ3n) is 4.97. The van der Waals surface area contributed by atoms with E-state index in [1.54, 1.807) is 0 Å². The average molecular weight is 301 g/mol. The van der Waals surface area contributed by atoms with Crippen molar-refractivity contribution in [1.29, 1.82) is 0 Å². The smallest absolute Gasteiger partial charge is 0.0472 e. The molecule has 1 N–H and O–H groups in total. The Labute approximate surface area is 129 Å². The van der Waals surface area contributed by atoms with E-state index in [-0.39, 0.29) is 0 Å². The summed E-state index contributed by atoms with van der Waals surface area (Å²) in [5.74, 6) is 1.27. The second-order valence-electron chi connectivity index (χ2n) is 6.81. The third kappa shape index (κ3) is 5.21. The molecule has 2 fully saturated rings. The van der Waals surface area contributed by atoms with E-state index in [2.05, 4.69) is 30.4 Å². The van der Waals surface area contributed by atoms with Crippen molar-refractivity contribution in [2.24, 2.45) is 5.41 Å². The van der Waals surface area contributed by atoms with Crippen LogP contribution in [0.15, 0.2) is 0 Å². The Balaban J connectivity index is 1.84. The lowest BCUT2D eigenvalue weighted by Gasteiger charge is -2.42. The first-order valence-electron chi connectivity index (χ1n) is 8.15. The van der Waals surface area contributed by atoms with Crippen molar-refractivity contribution in [3.63, 3.8) is 0 Å². The van der Waals surface area contributed by atoms with Gasteiger partial charge in [-0.3, -0.25) is 0 Å². The van der Waals surface area contributed by atoms with Crippen LogP contribution in [0.4, 0.5) is 0 Å². The number of hydrogen-bond donors (Lipinski definition) is 1. The highest BCUT2D eigenvalue weighted by Crippen LogP contribution is 2.33. The molecule has 2 aliphatic rings. The van der Waals surface area contributed by atoms with E-state index in [1.165, 1.54) is 50.9 Å². The highest BCUT2D eigenvalue weighted by Gasteiger charge is 2.36. The lowest BCUT2D eigenvalue weighted by atomic mass is 9.79. The first-order chi connectivity index (χ1) is 9.65. The maximum Gasteiger partial charge on any atom is 0.0472 e. The van der Waals surface area contributed by atoms with Gasteiger partial charge in [0, 0.05) is 38.4 Å². The number of hydrogen-bond acceptors (Lipinski definition) is 4. The van der Waals surface area contributed by atoms with Gasteiger partial charge in [0.15, 0.2) is 0 Å². The monoisotopic (exact) mass is 300 g/mol. The third-order valence-corrected chi connectivity index (χ3v) is 5.62. The number of nitrogens with one attached hydrogen (secondary N) is 1. The van der Waals surface area contributed by atoms with Crippen molar-refractivity contribution in [2.75, 3.05) is 45.4 Å². The molecule has 0 spiro atoms. The van der Waals surface area contributed by atoms with E-state index < -0.39 is 0 Å². The molecule has 0 aromatic heterocycles. The first-order valence-corrected chi connectivity index (χ1v) is 9.55. The summed E-state index contributed by atoms with van der Waals surface area (Å²) in [7, 11) is 2.30. The van der Waals surface area contributed by atoms with Gasteiger partial charge in [-0.15, -0.1) is 0 Å². The van der Waals surface area contributed by atoms with Crippen LogP contribution in [0.25, 0.3) is 0 Å². The molecular weight excluding hydrogens is 268 g/mol. The predicted octanol–water partition coefficient (Wildman–Crippen LogP) is 2.61. The van der Waals surface area contributed by atoms with Crippen molar-refractivity contribution in [1.82, 2.24) is 10.2 Å². The molecule has 1 atom stereocenters. The molecule has 2 rings (SSSR count). The molecule has 4 heteroatoms. The summed E-state index contributed by atoms with van der Waals surface area (Å²) in [6, 6.07) is 1.50. The fraction of sp³-hybridized carbons (Fsp3) is 1.00. The molecule has 1 saturated carbocycles. The van der Waals surface area contributed by atoms with Crippen LogP contribution in [0.5, 0.6) is 0 Å². The van der Waals surface area contributed by atoms with Crippen LogP contribution >= 0.6 is 11.8 Å². The Morgan fingerprint density at radius 2 is 2.05 bits per heavy atom. The SMILES string of the molecule is CSCCC(C)N(C)CC1(CNC2CC2)CCOCC1. The number of rotatable bonds is 9. The van der Waals surface area contributed by atoms with Crippen LogP contribution in [-0.2, 0) is 4.74 Å². The Morgan fingerprint density at radius 3 is 2.65 bits per heavy atom. The van der Waals surface area contributed by atoms with Crippen LogP contribution in [0.1, 0.15) is 39.0 Å². The molecule has 1 heterocycles. The largest absolute Gasteiger partial charge is 0.381 e. The highest BCUT2D eigenvalue weighted by atomic mass is 32.2.